The smallest absolute Gasteiger partial charge is 0.540 e. The van der Waals surface area contributed by atoms with E-state index in [4.69, 9.17) is 18.9 Å². The van der Waals surface area contributed by atoms with E-state index in [9.17, 15) is 55.1 Å². The Morgan fingerprint density at radius 2 is 0.978 bits per heavy atom. The van der Waals surface area contributed by atoms with Crippen molar-refractivity contribution in [3.63, 3.8) is 0 Å². The molecule has 93 heavy (non-hydrogen) atoms. The summed E-state index contributed by atoms with van der Waals surface area (Å²) in [4.78, 5) is 88.7. The number of rotatable bonds is 5. The minimum absolute atomic E-state index is 0. The maximum atomic E-state index is 15.9. The third-order valence-electron chi connectivity index (χ3n) is 17.6. The second-order valence-electron chi connectivity index (χ2n) is 26.5. The number of nitrogens with one attached hydrogen (secondary N) is 2. The molecule has 12 atom stereocenters. The summed E-state index contributed by atoms with van der Waals surface area (Å²) in [5, 5.41) is 5.61. The van der Waals surface area contributed by atoms with E-state index in [1.807, 2.05) is 12.6 Å². The number of hydrogen-bond donors (Lipinski definition) is 2. The van der Waals surface area contributed by atoms with E-state index in [1.165, 1.54) is 21.9 Å². The second-order valence-corrected chi connectivity index (χ2v) is 26.5. The fraction of sp³-hybridized carbons (Fsp3) is 0.619. The van der Waals surface area contributed by atoms with Gasteiger partial charge in [0.25, 0.3) is 11.8 Å². The van der Waals surface area contributed by atoms with Crippen LogP contribution in [0, 0.1) is 34.5 Å². The third kappa shape index (κ3) is 17.8. The first-order valence-corrected chi connectivity index (χ1v) is 30.3. The van der Waals surface area contributed by atoms with E-state index in [-0.39, 0.29) is 115 Å². The standard InChI is InChI=1S/C32H37F5N3O6.C31H35F5N3O6.2V/c1-5-20-23(16-41)40-15-25(20)44-27-21(12-17-9-10-19(14-22(17)38-27)46-32(35,36)37)31(33,34)11-7-6-8-18-13-24(18)45-29(43)39-26(28(40)42)30(2,3)4;1-16-22(15-40)39-14-24(16)43-26-20(11-17-8-9-19(13-21(17)37-26)45-31(34,35)36)30(32,33)10-6-5-7-18-12-23(18)44-28(42)38-25(27(39)41)29(2,3)4;;/h9-10,12,14,18,20,23-26H,5-8,11,13,15H2,1-4H3,(H,39,43);8-9,11,13,16,18,22-25H,5-7,10,12,14H2,1-4H3,(H,38,42);;/q2*-1;;/t18-,20+,23-,24-,25+,26-;16-,18+,22+,23+,24-,25+;;/m10../s1. The van der Waals surface area contributed by atoms with Gasteiger partial charge in [-0.3, -0.25) is 9.59 Å². The van der Waals surface area contributed by atoms with Crippen molar-refractivity contribution in [3.8, 4) is 23.3 Å². The van der Waals surface area contributed by atoms with Crippen LogP contribution in [0.15, 0.2) is 48.5 Å². The van der Waals surface area contributed by atoms with Crippen molar-refractivity contribution in [2.24, 2.45) is 34.5 Å². The number of alkyl carbamates (subject to hydrolysis) is 2. The van der Waals surface area contributed by atoms with Crippen LogP contribution in [0.2, 0.25) is 0 Å². The molecule has 10 rings (SSSR count). The topological polar surface area (TPSA) is 214 Å². The Bertz CT molecular complexity index is 3390. The monoisotopic (exact) mass is 1400 g/mol. The summed E-state index contributed by atoms with van der Waals surface area (Å²) in [7, 11) is 0. The average molecular weight is 1400 g/mol. The molecule has 2 saturated heterocycles. The first kappa shape index (κ1) is 74.1. The van der Waals surface area contributed by atoms with Gasteiger partial charge in [0.15, 0.2) is 0 Å². The molecule has 2 aromatic heterocycles. The Hall–Kier alpha value is -6.25. The van der Waals surface area contributed by atoms with Crippen molar-refractivity contribution in [1.82, 2.24) is 30.4 Å². The van der Waals surface area contributed by atoms with Crippen molar-refractivity contribution in [3.05, 3.63) is 59.7 Å². The number of hydrogen-bond acceptors (Lipinski definition) is 14. The van der Waals surface area contributed by atoms with Crippen LogP contribution in [0.5, 0.6) is 23.3 Å². The van der Waals surface area contributed by atoms with Gasteiger partial charge in [-0.2, -0.15) is 0 Å². The molecule has 0 spiro atoms. The molecule has 4 aliphatic heterocycles. The number of amides is 4. The molecule has 4 amide bonds. The molecule has 2 radical (unpaired) electrons. The number of carbonyl (C=O) groups is 4. The van der Waals surface area contributed by atoms with Gasteiger partial charge in [-0.25, -0.2) is 49.7 Å². The number of alkyl halides is 10. The Labute approximate surface area is 554 Å². The van der Waals surface area contributed by atoms with E-state index in [2.05, 4.69) is 30.1 Å². The first-order chi connectivity index (χ1) is 42.5. The molecule has 508 valence electrons. The molecule has 0 unspecified atom stereocenters. The number of carbonyl (C=O) groups excluding carboxylic acids is 6. The minimum Gasteiger partial charge on any atom is -0.540 e. The quantitative estimate of drug-likeness (QED) is 0.141. The van der Waals surface area contributed by atoms with Gasteiger partial charge < -0.3 is 58.4 Å². The fourth-order valence-electron chi connectivity index (χ4n) is 12.3. The SMILES string of the molecule is CC[C@@H]1[C@@H]2CN(C(=O)[C@H](C(C)(C)C)NC(=O)O[C@@H]3C[C@H]3CCCCC(F)(F)c3cc4ccc(OC(F)(F)F)cc4nc3O2)[C@@H]1[C-]=O.C[C@@H]1[C@@H]2CN(C(=O)[C@H](C(C)(C)C)NC(=O)O[C@@H]3C[C@H]3CCCCC(F)(F)c3cc4ccc(OC(F)(F)F)cc4nc3O2)[C@@H]1[C-]=O.[V].[V]. The number of aromatic nitrogens is 2. The summed E-state index contributed by atoms with van der Waals surface area (Å²) >= 11 is 0. The predicted octanol–water partition coefficient (Wildman–Crippen LogP) is 12.5. The Morgan fingerprint density at radius 1 is 0.581 bits per heavy atom. The van der Waals surface area contributed by atoms with E-state index < -0.39 is 155 Å². The predicted molar refractivity (Wildman–Crippen MR) is 305 cm³/mol. The summed E-state index contributed by atoms with van der Waals surface area (Å²) in [6.45, 7) is 13.3. The summed E-state index contributed by atoms with van der Waals surface area (Å²) in [5.74, 6) is -11.7. The minimum atomic E-state index is -4.98. The average Bonchev–Trinajstić information content (AvgIpc) is 1.58. The van der Waals surface area contributed by atoms with Crippen LogP contribution in [-0.2, 0) is 77.6 Å². The number of pyridine rings is 2. The van der Waals surface area contributed by atoms with Crippen molar-refractivity contribution < 1.29 is 138 Å². The summed E-state index contributed by atoms with van der Waals surface area (Å²) in [6, 6.07) is 4.19. The van der Waals surface area contributed by atoms with Crippen LogP contribution in [0.3, 0.4) is 0 Å². The van der Waals surface area contributed by atoms with Gasteiger partial charge in [0.05, 0.1) is 35.2 Å². The van der Waals surface area contributed by atoms with Crippen molar-refractivity contribution in [2.45, 2.75) is 199 Å². The Kier molecular flexibility index (Phi) is 22.8. The second kappa shape index (κ2) is 28.6. The number of nitrogens with zero attached hydrogens (tertiary/aromatic N) is 4. The van der Waals surface area contributed by atoms with Crippen LogP contribution in [0.25, 0.3) is 21.8 Å². The van der Waals surface area contributed by atoms with Crippen LogP contribution < -0.4 is 29.6 Å². The molecular formula is C63H72F10N6O12V2-2. The maximum absolute atomic E-state index is 15.9. The van der Waals surface area contributed by atoms with E-state index >= 15 is 17.6 Å². The number of halogens is 10. The molecule has 4 aromatic rings. The molecule has 2 N–H and O–H groups in total. The number of fused-ring (bicyclic) bond motifs is 10. The summed E-state index contributed by atoms with van der Waals surface area (Å²) in [6.07, 6.45) is -8.01. The zero-order chi connectivity index (χ0) is 66.5. The van der Waals surface area contributed by atoms with Gasteiger partial charge in [-0.1, -0.05) is 86.7 Å². The van der Waals surface area contributed by atoms with Gasteiger partial charge in [-0.15, -0.1) is 26.3 Å². The van der Waals surface area contributed by atoms with Crippen LogP contribution in [0.4, 0.5) is 53.5 Å². The van der Waals surface area contributed by atoms with Crippen LogP contribution >= 0.6 is 0 Å². The molecule has 6 aliphatic rings. The number of benzene rings is 2. The van der Waals surface area contributed by atoms with Gasteiger partial charge in [0, 0.05) is 72.9 Å². The van der Waals surface area contributed by atoms with E-state index in [0.29, 0.717) is 38.5 Å². The van der Waals surface area contributed by atoms with Gasteiger partial charge >= 0.3 is 24.9 Å². The van der Waals surface area contributed by atoms with Crippen molar-refractivity contribution >= 4 is 58.4 Å². The molecular weight excluding hydrogens is 1320 g/mol. The van der Waals surface area contributed by atoms with Gasteiger partial charge in [-0.05, 0) is 109 Å². The molecule has 18 nitrogen and oxygen atoms in total. The molecule has 30 heteroatoms. The van der Waals surface area contributed by atoms with Gasteiger partial charge in [0.2, 0.25) is 23.6 Å². The largest absolute Gasteiger partial charge is 0.573 e. The molecule has 4 bridgehead atoms. The molecule has 6 heterocycles. The zero-order valence-corrected chi connectivity index (χ0v) is 54.9. The zero-order valence-electron chi connectivity index (χ0n) is 52.1. The normalized spacial score (nSPS) is 28.5. The molecule has 4 fully saturated rings. The molecule has 2 saturated carbocycles. The fourth-order valence-corrected chi connectivity index (χ4v) is 12.3. The van der Waals surface area contributed by atoms with Crippen LogP contribution in [-0.4, -0.2) is 131 Å². The van der Waals surface area contributed by atoms with E-state index in [0.717, 1.165) is 36.4 Å². The summed E-state index contributed by atoms with van der Waals surface area (Å²) in [5.41, 5.74) is -2.88. The Balaban J connectivity index is 0.000000258. The van der Waals surface area contributed by atoms with Crippen molar-refractivity contribution in [1.29, 1.82) is 0 Å². The maximum Gasteiger partial charge on any atom is 0.573 e. The molecule has 2 aromatic carbocycles. The third-order valence-corrected chi connectivity index (χ3v) is 17.6. The number of ether oxygens (including phenoxy) is 6. The van der Waals surface area contributed by atoms with E-state index in [1.54, 1.807) is 55.4 Å². The first-order valence-electron chi connectivity index (χ1n) is 30.3. The van der Waals surface area contributed by atoms with Gasteiger partial charge in [0.1, 0.15) is 48.0 Å². The van der Waals surface area contributed by atoms with Crippen molar-refractivity contribution in [2.75, 3.05) is 13.1 Å². The Morgan fingerprint density at radius 3 is 1.37 bits per heavy atom. The summed E-state index contributed by atoms with van der Waals surface area (Å²) < 4.78 is 172. The molecule has 2 aliphatic carbocycles. The van der Waals surface area contributed by atoms with Crippen LogP contribution in [0.1, 0.15) is 137 Å².